The molecule has 0 amide bonds. The highest BCUT2D eigenvalue weighted by atomic mass is 32.2. The van der Waals surface area contributed by atoms with Crippen molar-refractivity contribution in [3.8, 4) is 22.8 Å². The number of hydrogen-bond acceptors (Lipinski definition) is 8. The monoisotopic (exact) mass is 488 g/mol. The van der Waals surface area contributed by atoms with Gasteiger partial charge in [0.25, 0.3) is 10.1 Å². The van der Waals surface area contributed by atoms with E-state index in [2.05, 4.69) is 10.3 Å². The van der Waals surface area contributed by atoms with Crippen molar-refractivity contribution in [3.05, 3.63) is 64.9 Å². The van der Waals surface area contributed by atoms with E-state index in [4.69, 9.17) is 13.7 Å². The quantitative estimate of drug-likeness (QED) is 0.254. The smallest absolute Gasteiger partial charge is 0.290 e. The molecular weight excluding hydrogens is 460 g/mol. The Morgan fingerprint density at radius 3 is 2.67 bits per heavy atom. The minimum Gasteiger partial charge on any atom is -0.493 e. The van der Waals surface area contributed by atoms with Crippen molar-refractivity contribution in [3.63, 3.8) is 0 Å². The summed E-state index contributed by atoms with van der Waals surface area (Å²) in [6, 6.07) is 15.3. The Bertz CT molecular complexity index is 1140. The zero-order valence-electron chi connectivity index (χ0n) is 18.7. The van der Waals surface area contributed by atoms with Crippen molar-refractivity contribution in [2.45, 2.75) is 19.8 Å². The van der Waals surface area contributed by atoms with E-state index in [-0.39, 0.29) is 6.61 Å². The Labute approximate surface area is 199 Å². The maximum absolute atomic E-state index is 11.7. The largest absolute Gasteiger partial charge is 0.493 e. The molecule has 1 N–H and O–H groups in total. The van der Waals surface area contributed by atoms with Gasteiger partial charge >= 0.3 is 0 Å². The molecule has 0 radical (unpaired) electrons. The number of nitrogens with zero attached hydrogens (tertiary/aromatic N) is 1. The first-order valence-electron chi connectivity index (χ1n) is 10.6. The molecule has 33 heavy (non-hydrogen) atoms. The maximum atomic E-state index is 11.7. The fraction of sp³-hybridized carbons (Fsp3) is 0.292. The van der Waals surface area contributed by atoms with E-state index in [0.717, 1.165) is 41.2 Å². The second kappa shape index (κ2) is 12.4. The van der Waals surface area contributed by atoms with Gasteiger partial charge in [0, 0.05) is 17.5 Å². The molecular formula is C24H28N2O5S2. The second-order valence-corrected chi connectivity index (χ2v) is 9.35. The zero-order valence-corrected chi connectivity index (χ0v) is 20.3. The van der Waals surface area contributed by atoms with Gasteiger partial charge in [-0.1, -0.05) is 36.4 Å². The lowest BCUT2D eigenvalue weighted by Crippen LogP contribution is -2.05. The van der Waals surface area contributed by atoms with Crippen LogP contribution < -0.4 is 14.8 Å². The summed E-state index contributed by atoms with van der Waals surface area (Å²) in [5, 5.41) is 7.34. The number of nitrogens with one attached hydrogen (secondary N) is 1. The third-order valence-electron chi connectivity index (χ3n) is 4.58. The molecule has 0 aliphatic heterocycles. The predicted molar refractivity (Wildman–Crippen MR) is 133 cm³/mol. The van der Waals surface area contributed by atoms with E-state index < -0.39 is 10.1 Å². The number of ether oxygens (including phenoxy) is 2. The number of unbranched alkanes of at least 4 members (excludes halogenated alkanes) is 1. The molecule has 0 unspecified atom stereocenters. The van der Waals surface area contributed by atoms with Crippen LogP contribution in [0.4, 0.5) is 5.13 Å². The van der Waals surface area contributed by atoms with Crippen LogP contribution in [-0.4, -0.2) is 40.3 Å². The number of methoxy groups -OCH3 is 1. The normalized spacial score (nSPS) is 11.6. The van der Waals surface area contributed by atoms with Gasteiger partial charge in [0.2, 0.25) is 0 Å². The summed E-state index contributed by atoms with van der Waals surface area (Å²) in [5.41, 5.74) is 2.76. The van der Waals surface area contributed by atoms with Gasteiger partial charge in [-0.3, -0.25) is 4.18 Å². The molecule has 0 saturated carbocycles. The molecule has 7 nitrogen and oxygen atoms in total. The molecule has 0 aliphatic carbocycles. The zero-order chi connectivity index (χ0) is 23.5. The van der Waals surface area contributed by atoms with Gasteiger partial charge in [-0.25, -0.2) is 4.98 Å². The lowest BCUT2D eigenvalue weighted by molar-refractivity contribution is 0.287. The van der Waals surface area contributed by atoms with Crippen molar-refractivity contribution in [1.29, 1.82) is 0 Å². The van der Waals surface area contributed by atoms with Crippen LogP contribution in [0, 0.1) is 0 Å². The number of benzene rings is 2. The number of thiazole rings is 1. The lowest BCUT2D eigenvalue weighted by Gasteiger charge is -2.11. The fourth-order valence-electron chi connectivity index (χ4n) is 2.98. The van der Waals surface area contributed by atoms with Crippen LogP contribution in [0.15, 0.2) is 59.3 Å². The Morgan fingerprint density at radius 2 is 1.91 bits per heavy atom. The average molecular weight is 489 g/mol. The number of aromatic nitrogens is 1. The Balaban J connectivity index is 1.45. The molecule has 0 spiro atoms. The van der Waals surface area contributed by atoms with Gasteiger partial charge in [-0.2, -0.15) is 8.42 Å². The maximum Gasteiger partial charge on any atom is 0.290 e. The summed E-state index contributed by atoms with van der Waals surface area (Å²) in [5.74, 6) is 1.16. The first-order chi connectivity index (χ1) is 16.0. The molecule has 0 fully saturated rings. The van der Waals surface area contributed by atoms with Crippen LogP contribution in [0.25, 0.3) is 17.3 Å². The molecule has 0 atom stereocenters. The Morgan fingerprint density at radius 1 is 1.09 bits per heavy atom. The van der Waals surface area contributed by atoms with Crippen LogP contribution in [0.5, 0.6) is 11.5 Å². The lowest BCUT2D eigenvalue weighted by atomic mass is 10.2. The van der Waals surface area contributed by atoms with Gasteiger partial charge in [0.15, 0.2) is 16.6 Å². The number of hydrogen-bond donors (Lipinski definition) is 1. The molecule has 0 aliphatic rings. The summed E-state index contributed by atoms with van der Waals surface area (Å²) in [6.07, 6.45) is 3.22. The van der Waals surface area contributed by atoms with E-state index in [9.17, 15) is 8.42 Å². The highest BCUT2D eigenvalue weighted by Crippen LogP contribution is 2.29. The van der Waals surface area contributed by atoms with Crippen LogP contribution in [-0.2, 0) is 14.3 Å². The van der Waals surface area contributed by atoms with Gasteiger partial charge in [0.1, 0.15) is 0 Å². The van der Waals surface area contributed by atoms with Gasteiger partial charge in [-0.15, -0.1) is 11.3 Å². The number of anilines is 1. The number of rotatable bonds is 13. The van der Waals surface area contributed by atoms with Crippen molar-refractivity contribution in [1.82, 2.24) is 4.98 Å². The van der Waals surface area contributed by atoms with Gasteiger partial charge in [-0.05, 0) is 43.5 Å². The summed E-state index contributed by atoms with van der Waals surface area (Å²) in [6.45, 7) is 3.02. The molecule has 1 heterocycles. The van der Waals surface area contributed by atoms with Gasteiger partial charge < -0.3 is 14.8 Å². The van der Waals surface area contributed by atoms with E-state index in [0.29, 0.717) is 23.7 Å². The minimum atomic E-state index is -3.69. The van der Waals surface area contributed by atoms with E-state index >= 15 is 0 Å². The van der Waals surface area contributed by atoms with Crippen molar-refractivity contribution in [2.24, 2.45) is 0 Å². The first kappa shape index (κ1) is 24.8. The van der Waals surface area contributed by atoms with Crippen molar-refractivity contribution >= 4 is 32.7 Å². The molecule has 0 saturated heterocycles. The predicted octanol–water partition coefficient (Wildman–Crippen LogP) is 5.43. The third-order valence-corrected chi connectivity index (χ3v) is 6.41. The minimum absolute atomic E-state index is 0.0925. The Kier molecular flexibility index (Phi) is 9.29. The Hall–Kier alpha value is -2.88. The standard InChI is InChI=1S/C24H28N2O5S2/c1-3-31-33(27,28)16-13-19-11-12-22(29-2)23(17-19)30-15-8-7-14-25-24-26-21(18-32-24)20-9-5-4-6-10-20/h4-6,9-13,16-18H,3,7-8,14-15H2,1-2H3,(H,25,26)/b16-13+. The second-order valence-electron chi connectivity index (χ2n) is 7.00. The fourth-order valence-corrected chi connectivity index (χ4v) is 4.46. The third kappa shape index (κ3) is 7.88. The van der Waals surface area contributed by atoms with Crippen LogP contribution in [0.2, 0.25) is 0 Å². The SMILES string of the molecule is CCOS(=O)(=O)/C=C/c1ccc(OC)c(OCCCCNc2nc(-c3ccccc3)cs2)c1. The summed E-state index contributed by atoms with van der Waals surface area (Å²) >= 11 is 1.59. The van der Waals surface area contributed by atoms with Crippen LogP contribution in [0.1, 0.15) is 25.3 Å². The van der Waals surface area contributed by atoms with E-state index in [1.54, 1.807) is 43.6 Å². The molecule has 1 aromatic heterocycles. The highest BCUT2D eigenvalue weighted by Gasteiger charge is 2.08. The molecule has 2 aromatic carbocycles. The molecule has 3 rings (SSSR count). The topological polar surface area (TPSA) is 86.8 Å². The summed E-state index contributed by atoms with van der Waals surface area (Å²) in [4.78, 5) is 4.63. The van der Waals surface area contributed by atoms with Crippen molar-refractivity contribution in [2.75, 3.05) is 32.2 Å². The van der Waals surface area contributed by atoms with E-state index in [1.165, 1.54) is 6.08 Å². The van der Waals surface area contributed by atoms with Crippen LogP contribution >= 0.6 is 11.3 Å². The van der Waals surface area contributed by atoms with E-state index in [1.807, 2.05) is 35.7 Å². The average Bonchev–Trinajstić information content (AvgIpc) is 3.30. The van der Waals surface area contributed by atoms with Gasteiger partial charge in [0.05, 0.1) is 31.4 Å². The summed E-state index contributed by atoms with van der Waals surface area (Å²) in [7, 11) is -2.12. The molecule has 9 heteroatoms. The molecule has 3 aromatic rings. The highest BCUT2D eigenvalue weighted by molar-refractivity contribution is 7.89. The van der Waals surface area contributed by atoms with Crippen LogP contribution in [0.3, 0.4) is 0 Å². The molecule has 176 valence electrons. The molecule has 0 bridgehead atoms. The van der Waals surface area contributed by atoms with Crippen molar-refractivity contribution < 1.29 is 22.1 Å². The summed E-state index contributed by atoms with van der Waals surface area (Å²) < 4.78 is 39.3. The first-order valence-corrected chi connectivity index (χ1v) is 13.0.